The molecule has 2 fully saturated rings. The van der Waals surface area contributed by atoms with Crippen molar-refractivity contribution in [3.05, 3.63) is 86.1 Å². The molecule has 44 heavy (non-hydrogen) atoms. The summed E-state index contributed by atoms with van der Waals surface area (Å²) < 4.78 is 1.59. The van der Waals surface area contributed by atoms with Crippen LogP contribution in [0.25, 0.3) is 11.1 Å². The van der Waals surface area contributed by atoms with Crippen molar-refractivity contribution in [2.45, 2.75) is 56.9 Å². The molecule has 1 aromatic carbocycles. The third kappa shape index (κ3) is 5.32. The molecule has 2 N–H and O–H groups in total. The molecule has 8 nitrogen and oxygen atoms in total. The van der Waals surface area contributed by atoms with Crippen molar-refractivity contribution in [2.24, 2.45) is 7.05 Å². The van der Waals surface area contributed by atoms with Gasteiger partial charge in [-0.15, -0.1) is 11.3 Å². The molecule has 1 saturated carbocycles. The average Bonchev–Trinajstić information content (AvgIpc) is 3.76. The lowest BCUT2D eigenvalue weighted by Gasteiger charge is -2.36. The number of hydrogen-bond donors (Lipinski definition) is 2. The first kappa shape index (κ1) is 28.8. The van der Waals surface area contributed by atoms with Gasteiger partial charge < -0.3 is 25.0 Å². The van der Waals surface area contributed by atoms with Gasteiger partial charge in [-0.2, -0.15) is 0 Å². The second kappa shape index (κ2) is 11.5. The summed E-state index contributed by atoms with van der Waals surface area (Å²) in [6.07, 6.45) is 9.77. The Morgan fingerprint density at radius 1 is 1.02 bits per heavy atom. The highest BCUT2D eigenvalue weighted by atomic mass is 32.1. The molecule has 3 aromatic heterocycles. The highest BCUT2D eigenvalue weighted by molar-refractivity contribution is 7.14. The predicted octanol–water partition coefficient (Wildman–Crippen LogP) is 6.71. The Labute approximate surface area is 262 Å². The van der Waals surface area contributed by atoms with Gasteiger partial charge in [-0.25, -0.2) is 4.98 Å². The van der Waals surface area contributed by atoms with Crippen LogP contribution in [0.5, 0.6) is 0 Å². The van der Waals surface area contributed by atoms with Crippen LogP contribution in [0.15, 0.2) is 59.7 Å². The number of amides is 1. The van der Waals surface area contributed by atoms with Gasteiger partial charge in [0.05, 0.1) is 16.8 Å². The van der Waals surface area contributed by atoms with Crippen molar-refractivity contribution in [2.75, 3.05) is 42.7 Å². The molecule has 7 rings (SSSR count). The van der Waals surface area contributed by atoms with E-state index in [1.165, 1.54) is 29.7 Å². The maximum Gasteiger partial charge on any atom is 0.274 e. The van der Waals surface area contributed by atoms with Crippen LogP contribution in [0.4, 0.5) is 22.9 Å². The second-order valence-electron chi connectivity index (χ2n) is 12.8. The first-order valence-corrected chi connectivity index (χ1v) is 16.5. The number of benzene rings is 1. The summed E-state index contributed by atoms with van der Waals surface area (Å²) in [5, 5.41) is 6.42. The average molecular weight is 609 g/mol. The number of aromatic nitrogens is 2. The first-order chi connectivity index (χ1) is 21.2. The molecule has 9 heteroatoms. The molecule has 1 amide bonds. The van der Waals surface area contributed by atoms with Crippen LogP contribution >= 0.6 is 11.3 Å². The van der Waals surface area contributed by atoms with Crippen LogP contribution in [0, 0.1) is 6.92 Å². The van der Waals surface area contributed by atoms with Crippen molar-refractivity contribution >= 4 is 40.1 Å². The summed E-state index contributed by atoms with van der Waals surface area (Å²) in [6.45, 7) is 4.03. The molecule has 2 bridgehead atoms. The standard InChI is InChI=1S/C35H40N6O2S/c1-21-27(6-5-7-29(21)38-34(42)31-18-28-22-8-9-23(16-22)33(28)44-31)24-17-30(35(43)40(4)20-24)37-32-11-10-26(19-36-32)41-14-12-25(13-15-41)39(2)3/h5-7,10-11,17-20,22-23,25H,8-9,12-16H2,1-4H3,(H,36,37)(H,38,42). The summed E-state index contributed by atoms with van der Waals surface area (Å²) in [4.78, 5) is 38.0. The molecule has 4 aromatic rings. The maximum absolute atomic E-state index is 13.3. The van der Waals surface area contributed by atoms with E-state index in [1.54, 1.807) is 23.0 Å². The van der Waals surface area contributed by atoms with Gasteiger partial charge in [0, 0.05) is 48.5 Å². The largest absolute Gasteiger partial charge is 0.370 e. The normalized spacial score (nSPS) is 19.4. The van der Waals surface area contributed by atoms with E-state index in [4.69, 9.17) is 0 Å². The smallest absolute Gasteiger partial charge is 0.274 e. The van der Waals surface area contributed by atoms with Gasteiger partial charge in [0.15, 0.2) is 0 Å². The van der Waals surface area contributed by atoms with Crippen molar-refractivity contribution < 1.29 is 4.79 Å². The van der Waals surface area contributed by atoms with Gasteiger partial charge in [0.2, 0.25) is 0 Å². The Balaban J connectivity index is 1.08. The van der Waals surface area contributed by atoms with Gasteiger partial charge in [-0.05, 0) is 112 Å². The minimum Gasteiger partial charge on any atom is -0.370 e. The number of fused-ring (bicyclic) bond motifs is 5. The zero-order valence-electron chi connectivity index (χ0n) is 25.9. The Kier molecular flexibility index (Phi) is 7.54. The molecule has 1 aliphatic heterocycles. The van der Waals surface area contributed by atoms with E-state index < -0.39 is 0 Å². The number of carbonyl (C=O) groups is 1. The van der Waals surface area contributed by atoms with E-state index in [0.29, 0.717) is 29.4 Å². The van der Waals surface area contributed by atoms with E-state index in [2.05, 4.69) is 51.6 Å². The van der Waals surface area contributed by atoms with E-state index in [0.717, 1.165) is 58.9 Å². The first-order valence-electron chi connectivity index (χ1n) is 15.6. The number of carbonyl (C=O) groups excluding carboxylic acids is 1. The lowest BCUT2D eigenvalue weighted by atomic mass is 9.98. The lowest BCUT2D eigenvalue weighted by molar-refractivity contribution is 0.103. The Bertz CT molecular complexity index is 1740. The number of thiophene rings is 1. The van der Waals surface area contributed by atoms with Crippen LogP contribution in [0.3, 0.4) is 0 Å². The molecule has 2 unspecified atom stereocenters. The molecule has 0 spiro atoms. The van der Waals surface area contributed by atoms with Crippen molar-refractivity contribution in [1.29, 1.82) is 0 Å². The number of aryl methyl sites for hydroxylation is 1. The van der Waals surface area contributed by atoms with Crippen LogP contribution in [0.1, 0.15) is 69.6 Å². The lowest BCUT2D eigenvalue weighted by Crippen LogP contribution is -2.42. The molecule has 0 radical (unpaired) electrons. The fourth-order valence-corrected chi connectivity index (χ4v) is 8.60. The Morgan fingerprint density at radius 3 is 2.55 bits per heavy atom. The molecular formula is C35H40N6O2S. The summed E-state index contributed by atoms with van der Waals surface area (Å²) in [5.74, 6) is 1.87. The zero-order valence-corrected chi connectivity index (χ0v) is 26.7. The molecule has 1 saturated heterocycles. The van der Waals surface area contributed by atoms with Crippen molar-refractivity contribution in [3.63, 3.8) is 0 Å². The molecule has 2 atom stereocenters. The number of nitrogens with zero attached hydrogens (tertiary/aromatic N) is 4. The SMILES string of the molecule is Cc1c(NC(=O)c2cc3c(s2)C2CCC3C2)cccc1-c1cc(Nc2ccc(N3CCC(N(C)C)CC3)cn2)c(=O)n(C)c1. The molecule has 2 aliphatic carbocycles. The monoisotopic (exact) mass is 608 g/mol. The molecule has 4 heterocycles. The van der Waals surface area contributed by atoms with Crippen LogP contribution < -0.4 is 21.1 Å². The van der Waals surface area contributed by atoms with Crippen LogP contribution in [-0.2, 0) is 7.05 Å². The van der Waals surface area contributed by atoms with Gasteiger partial charge >= 0.3 is 0 Å². The van der Waals surface area contributed by atoms with Crippen molar-refractivity contribution in [1.82, 2.24) is 14.5 Å². The number of anilines is 4. The molecule has 3 aliphatic rings. The summed E-state index contributed by atoms with van der Waals surface area (Å²) in [6, 6.07) is 14.5. The third-order valence-corrected chi connectivity index (χ3v) is 11.2. The van der Waals surface area contributed by atoms with Gasteiger partial charge in [-0.1, -0.05) is 12.1 Å². The van der Waals surface area contributed by atoms with Crippen LogP contribution in [0.2, 0.25) is 0 Å². The van der Waals surface area contributed by atoms with E-state index >= 15 is 0 Å². The quantitative estimate of drug-likeness (QED) is 0.243. The van der Waals surface area contributed by atoms with Gasteiger partial charge in [-0.3, -0.25) is 9.59 Å². The Hall–Kier alpha value is -3.95. The number of piperidine rings is 1. The number of hydrogen-bond acceptors (Lipinski definition) is 7. The Morgan fingerprint density at radius 2 is 1.82 bits per heavy atom. The van der Waals surface area contributed by atoms with Gasteiger partial charge in [0.1, 0.15) is 11.5 Å². The highest BCUT2D eigenvalue weighted by Gasteiger charge is 2.39. The van der Waals surface area contributed by atoms with Gasteiger partial charge in [0.25, 0.3) is 11.5 Å². The summed E-state index contributed by atoms with van der Waals surface area (Å²) >= 11 is 1.67. The predicted molar refractivity (Wildman–Crippen MR) is 180 cm³/mol. The van der Waals surface area contributed by atoms with E-state index in [1.807, 2.05) is 49.6 Å². The maximum atomic E-state index is 13.3. The molecule has 228 valence electrons. The number of rotatable bonds is 7. The highest BCUT2D eigenvalue weighted by Crippen LogP contribution is 2.56. The summed E-state index contributed by atoms with van der Waals surface area (Å²) in [5.41, 5.74) is 6.40. The minimum absolute atomic E-state index is 0.0524. The summed E-state index contributed by atoms with van der Waals surface area (Å²) in [7, 11) is 6.06. The van der Waals surface area contributed by atoms with E-state index in [9.17, 15) is 9.59 Å². The van der Waals surface area contributed by atoms with Crippen LogP contribution in [-0.4, -0.2) is 53.6 Å². The number of nitrogens with one attached hydrogen (secondary N) is 2. The third-order valence-electron chi connectivity index (χ3n) is 9.90. The fraction of sp³-hybridized carbons (Fsp3) is 0.400. The second-order valence-corrected chi connectivity index (χ2v) is 13.9. The number of pyridine rings is 2. The van der Waals surface area contributed by atoms with E-state index in [-0.39, 0.29) is 11.5 Å². The topological polar surface area (TPSA) is 82.5 Å². The minimum atomic E-state index is -0.132. The molecular weight excluding hydrogens is 568 g/mol. The van der Waals surface area contributed by atoms with Crippen molar-refractivity contribution in [3.8, 4) is 11.1 Å². The zero-order chi connectivity index (χ0) is 30.5. The fourth-order valence-electron chi connectivity index (χ4n) is 7.31.